The molecular formula is C12H15BrFNO4S. The van der Waals surface area contributed by atoms with Crippen LogP contribution >= 0.6 is 15.9 Å². The summed E-state index contributed by atoms with van der Waals surface area (Å²) in [5, 5.41) is 0. The van der Waals surface area contributed by atoms with Crippen molar-refractivity contribution in [3.63, 3.8) is 0 Å². The SMILES string of the molecule is COC(=O)CCCS(=O)(=O)Nc1cc(Br)c(F)cc1C. The van der Waals surface area contributed by atoms with Crippen molar-refractivity contribution >= 4 is 37.6 Å². The molecule has 0 aliphatic rings. The van der Waals surface area contributed by atoms with Crippen molar-refractivity contribution in [1.29, 1.82) is 0 Å². The number of nitrogens with one attached hydrogen (secondary N) is 1. The minimum atomic E-state index is -3.59. The Bertz CT molecular complexity index is 604. The van der Waals surface area contributed by atoms with Crippen LogP contribution in [-0.2, 0) is 19.6 Å². The molecule has 0 unspecified atom stereocenters. The van der Waals surface area contributed by atoms with Crippen molar-refractivity contribution in [2.45, 2.75) is 19.8 Å². The predicted molar refractivity (Wildman–Crippen MR) is 77.5 cm³/mol. The molecule has 5 nitrogen and oxygen atoms in total. The Morgan fingerprint density at radius 3 is 2.70 bits per heavy atom. The zero-order chi connectivity index (χ0) is 15.3. The molecule has 1 aromatic carbocycles. The number of hydrogen-bond donors (Lipinski definition) is 1. The van der Waals surface area contributed by atoms with Gasteiger partial charge >= 0.3 is 5.97 Å². The molecule has 8 heteroatoms. The van der Waals surface area contributed by atoms with Crippen molar-refractivity contribution < 1.29 is 22.3 Å². The van der Waals surface area contributed by atoms with Gasteiger partial charge in [-0.15, -0.1) is 0 Å². The lowest BCUT2D eigenvalue weighted by molar-refractivity contribution is -0.140. The summed E-state index contributed by atoms with van der Waals surface area (Å²) in [6, 6.07) is 2.60. The van der Waals surface area contributed by atoms with Gasteiger partial charge in [0.15, 0.2) is 0 Å². The molecule has 0 saturated carbocycles. The minimum absolute atomic E-state index is 0.0313. The Morgan fingerprint density at radius 2 is 2.10 bits per heavy atom. The number of hydrogen-bond acceptors (Lipinski definition) is 4. The maximum Gasteiger partial charge on any atom is 0.305 e. The predicted octanol–water partition coefficient (Wildman–Crippen LogP) is 2.59. The number of ether oxygens (including phenoxy) is 1. The second-order valence-electron chi connectivity index (χ2n) is 4.18. The molecule has 0 spiro atoms. The van der Waals surface area contributed by atoms with Crippen molar-refractivity contribution in [3.05, 3.63) is 28.0 Å². The van der Waals surface area contributed by atoms with Gasteiger partial charge in [0.25, 0.3) is 0 Å². The molecule has 0 radical (unpaired) electrons. The molecule has 1 aromatic rings. The molecule has 0 saturated heterocycles. The summed E-state index contributed by atoms with van der Waals surface area (Å²) >= 11 is 3.00. The van der Waals surface area contributed by atoms with E-state index < -0.39 is 21.8 Å². The summed E-state index contributed by atoms with van der Waals surface area (Å²) in [6.45, 7) is 1.60. The van der Waals surface area contributed by atoms with E-state index in [9.17, 15) is 17.6 Å². The van der Waals surface area contributed by atoms with Crippen LogP contribution in [0.25, 0.3) is 0 Å². The van der Waals surface area contributed by atoms with Gasteiger partial charge in [0.2, 0.25) is 10.0 Å². The third-order valence-corrected chi connectivity index (χ3v) is 4.52. The second kappa shape index (κ2) is 7.03. The largest absolute Gasteiger partial charge is 0.469 e. The summed E-state index contributed by atoms with van der Waals surface area (Å²) in [5.41, 5.74) is 0.776. The smallest absolute Gasteiger partial charge is 0.305 e. The third-order valence-electron chi connectivity index (χ3n) is 2.55. The summed E-state index contributed by atoms with van der Waals surface area (Å²) < 4.78 is 43.9. The zero-order valence-corrected chi connectivity index (χ0v) is 13.5. The number of rotatable bonds is 6. The molecule has 0 aliphatic carbocycles. The minimum Gasteiger partial charge on any atom is -0.469 e. The van der Waals surface area contributed by atoms with E-state index in [2.05, 4.69) is 25.4 Å². The molecular weight excluding hydrogens is 353 g/mol. The first-order valence-corrected chi connectivity index (χ1v) is 8.22. The maximum atomic E-state index is 13.2. The normalized spacial score (nSPS) is 11.2. The Hall–Kier alpha value is -1.15. The molecule has 112 valence electrons. The molecule has 20 heavy (non-hydrogen) atoms. The molecule has 1 N–H and O–H groups in total. The van der Waals surface area contributed by atoms with Crippen LogP contribution in [0.5, 0.6) is 0 Å². The first-order valence-electron chi connectivity index (χ1n) is 5.78. The Morgan fingerprint density at radius 1 is 1.45 bits per heavy atom. The van der Waals surface area contributed by atoms with Gasteiger partial charge in [0.05, 0.1) is 23.0 Å². The van der Waals surface area contributed by atoms with Gasteiger partial charge in [-0.05, 0) is 47.0 Å². The van der Waals surface area contributed by atoms with E-state index in [1.807, 2.05) is 0 Å². The summed E-state index contributed by atoms with van der Waals surface area (Å²) in [7, 11) is -2.35. The highest BCUT2D eigenvalue weighted by Gasteiger charge is 2.14. The summed E-state index contributed by atoms with van der Waals surface area (Å²) in [6.07, 6.45) is 0.187. The maximum absolute atomic E-state index is 13.2. The van der Waals surface area contributed by atoms with Gasteiger partial charge < -0.3 is 4.74 Å². The fraction of sp³-hybridized carbons (Fsp3) is 0.417. The van der Waals surface area contributed by atoms with E-state index in [1.54, 1.807) is 6.92 Å². The monoisotopic (exact) mass is 367 g/mol. The summed E-state index contributed by atoms with van der Waals surface area (Å²) in [4.78, 5) is 10.9. The zero-order valence-electron chi connectivity index (χ0n) is 11.1. The average Bonchev–Trinajstić information content (AvgIpc) is 2.35. The molecule has 1 rings (SSSR count). The molecule has 0 aliphatic heterocycles. The summed E-state index contributed by atoms with van der Waals surface area (Å²) in [5.74, 6) is -1.13. The lowest BCUT2D eigenvalue weighted by atomic mass is 10.2. The van der Waals surface area contributed by atoms with E-state index in [0.29, 0.717) is 11.3 Å². The first-order chi connectivity index (χ1) is 9.25. The van der Waals surface area contributed by atoms with Crippen molar-refractivity contribution in [2.75, 3.05) is 17.6 Å². The standard InChI is InChI=1S/C12H15BrFNO4S/c1-8-6-10(14)9(13)7-11(8)15-20(17,18)5-3-4-12(16)19-2/h6-7,15H,3-5H2,1-2H3. The average molecular weight is 368 g/mol. The van der Waals surface area contributed by atoms with Crippen molar-refractivity contribution in [3.8, 4) is 0 Å². The molecule has 0 aromatic heterocycles. The number of esters is 1. The molecule has 0 fully saturated rings. The van der Waals surface area contributed by atoms with Gasteiger partial charge in [0, 0.05) is 6.42 Å². The highest BCUT2D eigenvalue weighted by molar-refractivity contribution is 9.10. The van der Waals surface area contributed by atoms with Crippen LogP contribution in [-0.4, -0.2) is 27.2 Å². The lowest BCUT2D eigenvalue weighted by Crippen LogP contribution is -2.18. The van der Waals surface area contributed by atoms with Gasteiger partial charge in [-0.3, -0.25) is 9.52 Å². The molecule has 0 bridgehead atoms. The van der Waals surface area contributed by atoms with E-state index >= 15 is 0 Å². The number of carbonyl (C=O) groups is 1. The molecule has 0 amide bonds. The number of halogens is 2. The number of benzene rings is 1. The van der Waals surface area contributed by atoms with Gasteiger partial charge in [-0.2, -0.15) is 0 Å². The quantitative estimate of drug-likeness (QED) is 0.784. The highest BCUT2D eigenvalue weighted by Crippen LogP contribution is 2.25. The number of carbonyl (C=O) groups excluding carboxylic acids is 1. The number of sulfonamides is 1. The Balaban J connectivity index is 2.71. The van der Waals surface area contributed by atoms with Gasteiger partial charge in [-0.1, -0.05) is 0 Å². The van der Waals surface area contributed by atoms with Gasteiger partial charge in [-0.25, -0.2) is 12.8 Å². The van der Waals surface area contributed by atoms with E-state index in [0.717, 1.165) is 0 Å². The highest BCUT2D eigenvalue weighted by atomic mass is 79.9. The third kappa shape index (κ3) is 5.09. The number of anilines is 1. The second-order valence-corrected chi connectivity index (χ2v) is 6.88. The van der Waals surface area contributed by atoms with Crippen LogP contribution in [0.1, 0.15) is 18.4 Å². The van der Waals surface area contributed by atoms with Crippen LogP contribution < -0.4 is 4.72 Å². The lowest BCUT2D eigenvalue weighted by Gasteiger charge is -2.11. The van der Waals surface area contributed by atoms with Crippen LogP contribution in [0.4, 0.5) is 10.1 Å². The van der Waals surface area contributed by atoms with E-state index in [-0.39, 0.29) is 23.1 Å². The molecule has 0 atom stereocenters. The van der Waals surface area contributed by atoms with E-state index in [4.69, 9.17) is 0 Å². The topological polar surface area (TPSA) is 72.5 Å². The Labute approximate surface area is 125 Å². The van der Waals surface area contributed by atoms with Crippen molar-refractivity contribution in [2.24, 2.45) is 0 Å². The van der Waals surface area contributed by atoms with Crippen molar-refractivity contribution in [1.82, 2.24) is 0 Å². The van der Waals surface area contributed by atoms with Gasteiger partial charge in [0.1, 0.15) is 5.82 Å². The number of methoxy groups -OCH3 is 1. The molecule has 0 heterocycles. The number of aryl methyl sites for hydroxylation is 1. The van der Waals surface area contributed by atoms with E-state index in [1.165, 1.54) is 19.2 Å². The van der Waals surface area contributed by atoms with Crippen LogP contribution in [0.2, 0.25) is 0 Å². The Kier molecular flexibility index (Phi) is 5.94. The fourth-order valence-electron chi connectivity index (χ4n) is 1.48. The fourth-order valence-corrected chi connectivity index (χ4v) is 3.01. The van der Waals surface area contributed by atoms with Crippen LogP contribution in [0.15, 0.2) is 16.6 Å². The first kappa shape index (κ1) is 16.9. The van der Waals surface area contributed by atoms with Crippen LogP contribution in [0.3, 0.4) is 0 Å². The van der Waals surface area contributed by atoms with Crippen LogP contribution in [0, 0.1) is 12.7 Å².